The number of aliphatic imine (C=N–C) groups is 1. The number of carbonyl (C=O) groups is 2. The van der Waals surface area contributed by atoms with Crippen LogP contribution >= 0.6 is 0 Å². The molecule has 2 amide bonds. The maximum atomic E-state index is 13.4. The highest BCUT2D eigenvalue weighted by atomic mass is 16.5. The number of nitrogens with one attached hydrogen (secondary N) is 1. The van der Waals surface area contributed by atoms with Crippen molar-refractivity contribution in [1.29, 1.82) is 0 Å². The molecule has 1 aliphatic heterocycles. The van der Waals surface area contributed by atoms with Gasteiger partial charge in [-0.1, -0.05) is 32.0 Å². The predicted molar refractivity (Wildman–Crippen MR) is 157 cm³/mol. The second-order valence-electron chi connectivity index (χ2n) is 10.8. The average Bonchev–Trinajstić information content (AvgIpc) is 2.91. The van der Waals surface area contributed by atoms with Gasteiger partial charge in [-0.3, -0.25) is 14.5 Å². The van der Waals surface area contributed by atoms with Crippen LogP contribution in [0, 0.1) is 0 Å². The number of carbonyl (C=O) groups excluding carboxylic acids is 2. The van der Waals surface area contributed by atoms with Crippen molar-refractivity contribution in [2.24, 2.45) is 10.7 Å². The maximum Gasteiger partial charge on any atom is 0.251 e. The Morgan fingerprint density at radius 1 is 1.15 bits per heavy atom. The quantitative estimate of drug-likeness (QED) is 0.362. The van der Waals surface area contributed by atoms with Gasteiger partial charge in [-0.2, -0.15) is 0 Å². The molecule has 9 heteroatoms. The van der Waals surface area contributed by atoms with Crippen LogP contribution in [0.3, 0.4) is 0 Å². The van der Waals surface area contributed by atoms with Gasteiger partial charge in [0.05, 0.1) is 37.8 Å². The van der Waals surface area contributed by atoms with Crippen LogP contribution < -0.4 is 20.5 Å². The van der Waals surface area contributed by atoms with Crippen LogP contribution in [0.15, 0.2) is 47.5 Å². The summed E-state index contributed by atoms with van der Waals surface area (Å²) in [6.45, 7) is 12.8. The molecule has 218 valence electrons. The summed E-state index contributed by atoms with van der Waals surface area (Å²) in [7, 11) is 1.64. The second-order valence-corrected chi connectivity index (χ2v) is 10.8. The van der Waals surface area contributed by atoms with Gasteiger partial charge in [-0.05, 0) is 64.8 Å². The lowest BCUT2D eigenvalue weighted by atomic mass is 9.88. The van der Waals surface area contributed by atoms with E-state index in [9.17, 15) is 9.59 Å². The van der Waals surface area contributed by atoms with Gasteiger partial charge in [-0.25, -0.2) is 4.99 Å². The van der Waals surface area contributed by atoms with Gasteiger partial charge >= 0.3 is 0 Å². The number of ether oxygens (including phenoxy) is 3. The van der Waals surface area contributed by atoms with Gasteiger partial charge in [0.25, 0.3) is 5.91 Å². The van der Waals surface area contributed by atoms with E-state index in [0.717, 1.165) is 18.4 Å². The Kier molecular flexibility index (Phi) is 10.2. The third-order valence-electron chi connectivity index (χ3n) is 7.29. The molecule has 9 nitrogen and oxygen atoms in total. The molecule has 0 radical (unpaired) electrons. The van der Waals surface area contributed by atoms with Gasteiger partial charge in [0, 0.05) is 23.8 Å². The second kappa shape index (κ2) is 13.2. The Hall–Kier alpha value is -3.59. The van der Waals surface area contributed by atoms with Gasteiger partial charge < -0.3 is 25.3 Å². The first-order chi connectivity index (χ1) is 19.0. The van der Waals surface area contributed by atoms with Gasteiger partial charge in [0.15, 0.2) is 5.96 Å². The third-order valence-corrected chi connectivity index (χ3v) is 7.29. The molecule has 40 heavy (non-hydrogen) atoms. The normalized spacial score (nSPS) is 15.8. The van der Waals surface area contributed by atoms with Gasteiger partial charge in [0.1, 0.15) is 17.1 Å². The smallest absolute Gasteiger partial charge is 0.251 e. The number of benzene rings is 2. The minimum absolute atomic E-state index is 0.0878. The highest BCUT2D eigenvalue weighted by Gasteiger charge is 2.37. The van der Waals surface area contributed by atoms with Gasteiger partial charge in [-0.15, -0.1) is 0 Å². The van der Waals surface area contributed by atoms with E-state index < -0.39 is 11.1 Å². The lowest BCUT2D eigenvalue weighted by Gasteiger charge is -2.36. The van der Waals surface area contributed by atoms with Crippen molar-refractivity contribution in [1.82, 2.24) is 10.2 Å². The molecule has 1 aliphatic rings. The molecule has 0 bridgehead atoms. The van der Waals surface area contributed by atoms with Crippen LogP contribution in [0.1, 0.15) is 88.3 Å². The standard InChI is InChI=1S/C31H44N4O5/c1-8-31(9-2)18-27(36)35(29(32)34-31)19-23-17-22(15-16-25(23)39-10-3)28(37)33-21(4)24-13-11-12-14-26(24)40-30(5,6)20-38-7/h11-17,21H,8-10,18-20H2,1-7H3,(H2,32,34)(H,33,37). The van der Waals surface area contributed by atoms with Crippen LogP contribution in [-0.4, -0.2) is 54.1 Å². The van der Waals surface area contributed by atoms with Crippen molar-refractivity contribution >= 4 is 17.8 Å². The lowest BCUT2D eigenvalue weighted by molar-refractivity contribution is -0.130. The van der Waals surface area contributed by atoms with E-state index in [1.54, 1.807) is 25.3 Å². The van der Waals surface area contributed by atoms with Crippen molar-refractivity contribution in [2.75, 3.05) is 20.3 Å². The molecule has 1 unspecified atom stereocenters. The average molecular weight is 553 g/mol. The van der Waals surface area contributed by atoms with E-state index >= 15 is 0 Å². The molecule has 1 heterocycles. The van der Waals surface area contributed by atoms with E-state index in [1.165, 1.54) is 4.90 Å². The number of methoxy groups -OCH3 is 1. The third kappa shape index (κ3) is 7.33. The number of nitrogens with two attached hydrogens (primary N) is 1. The van der Waals surface area contributed by atoms with Crippen LogP contribution in [0.25, 0.3) is 0 Å². The zero-order valence-corrected chi connectivity index (χ0v) is 24.9. The number of hydrogen-bond acceptors (Lipinski definition) is 7. The maximum absolute atomic E-state index is 13.4. The molecule has 1 atom stereocenters. The first kappa shape index (κ1) is 30.9. The Bertz CT molecular complexity index is 1220. The van der Waals surface area contributed by atoms with Crippen LogP contribution in [0.4, 0.5) is 0 Å². The number of nitrogens with zero attached hydrogens (tertiary/aromatic N) is 2. The van der Waals surface area contributed by atoms with E-state index in [4.69, 9.17) is 19.9 Å². The fraction of sp³-hybridized carbons (Fsp3) is 0.516. The Morgan fingerprint density at radius 3 is 2.48 bits per heavy atom. The molecule has 0 spiro atoms. The largest absolute Gasteiger partial charge is 0.494 e. The molecular formula is C31H44N4O5. The van der Waals surface area contributed by atoms with E-state index in [0.29, 0.717) is 42.3 Å². The summed E-state index contributed by atoms with van der Waals surface area (Å²) in [5.74, 6) is 1.12. The van der Waals surface area contributed by atoms with Crippen molar-refractivity contribution < 1.29 is 23.8 Å². The summed E-state index contributed by atoms with van der Waals surface area (Å²) in [6, 6.07) is 12.5. The number of rotatable bonds is 13. The van der Waals surface area contributed by atoms with Crippen molar-refractivity contribution in [3.63, 3.8) is 0 Å². The lowest BCUT2D eigenvalue weighted by Crippen LogP contribution is -2.50. The van der Waals surface area contributed by atoms with Crippen LogP contribution in [-0.2, 0) is 16.1 Å². The van der Waals surface area contributed by atoms with Crippen molar-refractivity contribution in [3.8, 4) is 11.5 Å². The van der Waals surface area contributed by atoms with E-state index in [2.05, 4.69) is 10.3 Å². The summed E-state index contributed by atoms with van der Waals surface area (Å²) < 4.78 is 17.3. The number of amides is 2. The summed E-state index contributed by atoms with van der Waals surface area (Å²) in [6.07, 6.45) is 1.77. The topological polar surface area (TPSA) is 115 Å². The Morgan fingerprint density at radius 2 is 1.85 bits per heavy atom. The summed E-state index contributed by atoms with van der Waals surface area (Å²) in [4.78, 5) is 32.7. The summed E-state index contributed by atoms with van der Waals surface area (Å²) >= 11 is 0. The molecule has 3 N–H and O–H groups in total. The van der Waals surface area contributed by atoms with Crippen molar-refractivity contribution in [3.05, 3.63) is 59.2 Å². The zero-order chi connectivity index (χ0) is 29.5. The van der Waals surface area contributed by atoms with E-state index in [1.807, 2.05) is 65.8 Å². The van der Waals surface area contributed by atoms with E-state index in [-0.39, 0.29) is 30.4 Å². The van der Waals surface area contributed by atoms with Crippen molar-refractivity contribution in [2.45, 2.75) is 84.5 Å². The fourth-order valence-electron chi connectivity index (χ4n) is 4.95. The first-order valence-corrected chi connectivity index (χ1v) is 14.0. The van der Waals surface area contributed by atoms with Crippen LogP contribution in [0.2, 0.25) is 0 Å². The Labute approximate surface area is 238 Å². The monoisotopic (exact) mass is 552 g/mol. The summed E-state index contributed by atoms with van der Waals surface area (Å²) in [5.41, 5.74) is 7.26. The number of para-hydroxylation sites is 1. The molecule has 0 saturated heterocycles. The zero-order valence-electron chi connectivity index (χ0n) is 24.9. The molecule has 2 aromatic carbocycles. The molecular weight excluding hydrogens is 508 g/mol. The molecule has 0 fully saturated rings. The minimum Gasteiger partial charge on any atom is -0.494 e. The molecule has 2 aromatic rings. The van der Waals surface area contributed by atoms with Gasteiger partial charge in [0.2, 0.25) is 5.91 Å². The number of guanidine groups is 1. The predicted octanol–water partition coefficient (Wildman–Crippen LogP) is 4.99. The highest BCUT2D eigenvalue weighted by molar-refractivity contribution is 5.99. The SMILES string of the molecule is CCOc1ccc(C(=O)NC(C)c2ccccc2OC(C)(C)COC)cc1CN1C(=O)CC(CC)(CC)N=C1N. The molecule has 3 rings (SSSR count). The number of hydrogen-bond donors (Lipinski definition) is 2. The summed E-state index contributed by atoms with van der Waals surface area (Å²) in [5, 5.41) is 3.08. The minimum atomic E-state index is -0.538. The highest BCUT2D eigenvalue weighted by Crippen LogP contribution is 2.32. The molecule has 0 aromatic heterocycles. The Balaban J connectivity index is 1.84. The first-order valence-electron chi connectivity index (χ1n) is 14.0. The van der Waals surface area contributed by atoms with Crippen LogP contribution in [0.5, 0.6) is 11.5 Å². The molecule has 0 saturated carbocycles. The molecule has 0 aliphatic carbocycles. The fourth-order valence-corrected chi connectivity index (χ4v) is 4.95.